The highest BCUT2D eigenvalue weighted by Crippen LogP contribution is 2.30. The molecular formula is C18H28. The maximum absolute atomic E-state index is 2.40. The number of unbranched alkanes of at least 4 members (excludes halogenated alkanes) is 1. The van der Waals surface area contributed by atoms with E-state index in [1.807, 2.05) is 0 Å². The van der Waals surface area contributed by atoms with Gasteiger partial charge in [0.05, 0.1) is 0 Å². The van der Waals surface area contributed by atoms with Gasteiger partial charge in [-0.3, -0.25) is 0 Å². The second-order valence-corrected chi connectivity index (χ2v) is 6.25. The highest BCUT2D eigenvalue weighted by molar-refractivity contribution is 5.23. The lowest BCUT2D eigenvalue weighted by atomic mass is 9.80. The average Bonchev–Trinajstić information content (AvgIpc) is 2.41. The number of benzene rings is 1. The Morgan fingerprint density at radius 1 is 0.944 bits per heavy atom. The Morgan fingerprint density at radius 3 is 2.17 bits per heavy atom. The summed E-state index contributed by atoms with van der Waals surface area (Å²) in [6.07, 6.45) is 10.9. The van der Waals surface area contributed by atoms with E-state index in [-0.39, 0.29) is 0 Å². The van der Waals surface area contributed by atoms with Crippen LogP contribution in [0, 0.1) is 11.8 Å². The van der Waals surface area contributed by atoms with Crippen LogP contribution in [-0.2, 0) is 12.8 Å². The van der Waals surface area contributed by atoms with E-state index in [1.54, 1.807) is 5.56 Å². The number of rotatable bonds is 5. The van der Waals surface area contributed by atoms with Gasteiger partial charge in [-0.25, -0.2) is 0 Å². The molecule has 1 aliphatic carbocycles. The van der Waals surface area contributed by atoms with Crippen LogP contribution in [0.2, 0.25) is 0 Å². The molecule has 0 heteroatoms. The Balaban J connectivity index is 1.82. The fraction of sp³-hybridized carbons (Fsp3) is 0.667. The van der Waals surface area contributed by atoms with Gasteiger partial charge >= 0.3 is 0 Å². The Labute approximate surface area is 113 Å². The molecule has 18 heavy (non-hydrogen) atoms. The van der Waals surface area contributed by atoms with Gasteiger partial charge in [0, 0.05) is 0 Å². The monoisotopic (exact) mass is 244 g/mol. The van der Waals surface area contributed by atoms with Gasteiger partial charge < -0.3 is 0 Å². The molecular weight excluding hydrogens is 216 g/mol. The maximum Gasteiger partial charge on any atom is -0.0250 e. The zero-order valence-electron chi connectivity index (χ0n) is 12.1. The molecule has 1 fully saturated rings. The van der Waals surface area contributed by atoms with Crippen molar-refractivity contribution in [1.29, 1.82) is 0 Å². The molecule has 0 bridgehead atoms. The Kier molecular flexibility index (Phi) is 5.28. The zero-order valence-corrected chi connectivity index (χ0v) is 12.1. The summed E-state index contributed by atoms with van der Waals surface area (Å²) < 4.78 is 0. The first-order chi connectivity index (χ1) is 8.78. The molecule has 0 N–H and O–H groups in total. The van der Waals surface area contributed by atoms with Gasteiger partial charge in [0.2, 0.25) is 0 Å². The minimum atomic E-state index is 0.947. The van der Waals surface area contributed by atoms with Gasteiger partial charge in [0.1, 0.15) is 0 Å². The highest BCUT2D eigenvalue weighted by atomic mass is 14.2. The van der Waals surface area contributed by atoms with E-state index >= 15 is 0 Å². The van der Waals surface area contributed by atoms with Crippen molar-refractivity contribution in [3.63, 3.8) is 0 Å². The fourth-order valence-electron chi connectivity index (χ4n) is 3.09. The molecule has 0 aromatic heterocycles. The third-order valence-electron chi connectivity index (χ3n) is 4.50. The van der Waals surface area contributed by atoms with Crippen LogP contribution in [0.3, 0.4) is 0 Å². The predicted molar refractivity (Wildman–Crippen MR) is 79.9 cm³/mol. The lowest BCUT2D eigenvalue weighted by Crippen LogP contribution is -2.14. The van der Waals surface area contributed by atoms with Crippen LogP contribution in [0.4, 0.5) is 0 Å². The molecule has 100 valence electrons. The summed E-state index contributed by atoms with van der Waals surface area (Å²) in [5, 5.41) is 0. The fourth-order valence-corrected chi connectivity index (χ4v) is 3.09. The van der Waals surface area contributed by atoms with Crippen LogP contribution in [0.1, 0.15) is 63.5 Å². The van der Waals surface area contributed by atoms with Gasteiger partial charge in [-0.1, -0.05) is 57.4 Å². The second-order valence-electron chi connectivity index (χ2n) is 6.25. The summed E-state index contributed by atoms with van der Waals surface area (Å²) in [7, 11) is 0. The van der Waals surface area contributed by atoms with E-state index in [1.165, 1.54) is 56.9 Å². The minimum Gasteiger partial charge on any atom is -0.0654 e. The standard InChI is InChI=1S/C18H28/c1-3-4-5-16-10-12-18(13-11-16)14-17-8-6-15(2)7-9-17/h10-13,15,17H,3-9,14H2,1-2H3. The highest BCUT2D eigenvalue weighted by Gasteiger charge is 2.18. The first kappa shape index (κ1) is 13.6. The van der Waals surface area contributed by atoms with Gasteiger partial charge in [-0.15, -0.1) is 0 Å². The molecule has 0 aliphatic heterocycles. The molecule has 0 unspecified atom stereocenters. The molecule has 1 saturated carbocycles. The molecule has 0 heterocycles. The molecule has 0 nitrogen and oxygen atoms in total. The molecule has 0 saturated heterocycles. The maximum atomic E-state index is 2.40. The third-order valence-corrected chi connectivity index (χ3v) is 4.50. The summed E-state index contributed by atoms with van der Waals surface area (Å²) in [5.74, 6) is 1.92. The van der Waals surface area contributed by atoms with Crippen LogP contribution >= 0.6 is 0 Å². The average molecular weight is 244 g/mol. The molecule has 1 aromatic carbocycles. The third kappa shape index (κ3) is 4.15. The molecule has 0 amide bonds. The van der Waals surface area contributed by atoms with Crippen molar-refractivity contribution in [3.8, 4) is 0 Å². The van der Waals surface area contributed by atoms with E-state index in [0.29, 0.717) is 0 Å². The number of aryl methyl sites for hydroxylation is 1. The van der Waals surface area contributed by atoms with Crippen molar-refractivity contribution < 1.29 is 0 Å². The van der Waals surface area contributed by atoms with Crippen molar-refractivity contribution >= 4 is 0 Å². The van der Waals surface area contributed by atoms with Crippen molar-refractivity contribution in [2.24, 2.45) is 11.8 Å². The SMILES string of the molecule is CCCCc1ccc(CC2CCC(C)CC2)cc1. The molecule has 1 aliphatic rings. The van der Waals surface area contributed by atoms with E-state index in [9.17, 15) is 0 Å². The summed E-state index contributed by atoms with van der Waals surface area (Å²) in [4.78, 5) is 0. The van der Waals surface area contributed by atoms with E-state index in [4.69, 9.17) is 0 Å². The van der Waals surface area contributed by atoms with Crippen LogP contribution in [0.5, 0.6) is 0 Å². The van der Waals surface area contributed by atoms with Gasteiger partial charge in [-0.05, 0) is 55.1 Å². The molecule has 1 aromatic rings. The first-order valence-electron chi connectivity index (χ1n) is 7.85. The topological polar surface area (TPSA) is 0 Å². The molecule has 0 radical (unpaired) electrons. The van der Waals surface area contributed by atoms with Gasteiger partial charge in [0.25, 0.3) is 0 Å². The largest absolute Gasteiger partial charge is 0.0654 e. The lowest BCUT2D eigenvalue weighted by Gasteiger charge is -2.26. The minimum absolute atomic E-state index is 0.947. The van der Waals surface area contributed by atoms with Crippen molar-refractivity contribution in [1.82, 2.24) is 0 Å². The normalized spacial score (nSPS) is 24.1. The molecule has 0 atom stereocenters. The molecule has 0 spiro atoms. The Bertz CT molecular complexity index is 328. The first-order valence-corrected chi connectivity index (χ1v) is 7.85. The van der Waals surface area contributed by atoms with E-state index in [0.717, 1.165) is 11.8 Å². The lowest BCUT2D eigenvalue weighted by molar-refractivity contribution is 0.289. The van der Waals surface area contributed by atoms with Crippen LogP contribution in [-0.4, -0.2) is 0 Å². The number of hydrogen-bond donors (Lipinski definition) is 0. The molecule has 2 rings (SSSR count). The Morgan fingerprint density at radius 2 is 1.56 bits per heavy atom. The zero-order chi connectivity index (χ0) is 12.8. The van der Waals surface area contributed by atoms with E-state index in [2.05, 4.69) is 38.1 Å². The van der Waals surface area contributed by atoms with Gasteiger partial charge in [0.15, 0.2) is 0 Å². The Hall–Kier alpha value is -0.780. The summed E-state index contributed by atoms with van der Waals surface area (Å²) in [5.41, 5.74) is 3.06. The van der Waals surface area contributed by atoms with Crippen molar-refractivity contribution in [2.45, 2.75) is 65.2 Å². The second kappa shape index (κ2) is 6.97. The summed E-state index contributed by atoms with van der Waals surface area (Å²) in [6.45, 7) is 4.66. The van der Waals surface area contributed by atoms with Crippen molar-refractivity contribution in [3.05, 3.63) is 35.4 Å². The van der Waals surface area contributed by atoms with Crippen LogP contribution < -0.4 is 0 Å². The van der Waals surface area contributed by atoms with Crippen LogP contribution in [0.25, 0.3) is 0 Å². The summed E-state index contributed by atoms with van der Waals surface area (Å²) in [6, 6.07) is 9.42. The predicted octanol–water partition coefficient (Wildman–Crippen LogP) is 5.40. The van der Waals surface area contributed by atoms with E-state index < -0.39 is 0 Å². The summed E-state index contributed by atoms with van der Waals surface area (Å²) >= 11 is 0. The van der Waals surface area contributed by atoms with Gasteiger partial charge in [-0.2, -0.15) is 0 Å². The quantitative estimate of drug-likeness (QED) is 0.650. The van der Waals surface area contributed by atoms with Crippen LogP contribution in [0.15, 0.2) is 24.3 Å². The smallest absolute Gasteiger partial charge is 0.0250 e. The van der Waals surface area contributed by atoms with Crippen molar-refractivity contribution in [2.75, 3.05) is 0 Å². The number of hydrogen-bond acceptors (Lipinski definition) is 0.